The Bertz CT molecular complexity index is 482. The van der Waals surface area contributed by atoms with E-state index in [1.807, 2.05) is 30.3 Å². The van der Waals surface area contributed by atoms with E-state index in [4.69, 9.17) is 23.4 Å². The van der Waals surface area contributed by atoms with Gasteiger partial charge in [-0.05, 0) is 5.56 Å². The van der Waals surface area contributed by atoms with E-state index in [9.17, 15) is 9.59 Å². The molecule has 0 bridgehead atoms. The minimum atomic E-state index is -0.653. The molecule has 0 radical (unpaired) electrons. The maximum Gasteiger partial charge on any atom is 0.287 e. The zero-order chi connectivity index (χ0) is 11.7. The van der Waals surface area contributed by atoms with E-state index in [1.165, 1.54) is 0 Å². The van der Waals surface area contributed by atoms with Gasteiger partial charge >= 0.3 is 0 Å². The molecule has 82 valence electrons. The van der Waals surface area contributed by atoms with Gasteiger partial charge in [0.2, 0.25) is 0 Å². The lowest BCUT2D eigenvalue weighted by Gasteiger charge is -2.03. The van der Waals surface area contributed by atoms with E-state index in [0.717, 1.165) is 5.56 Å². The highest BCUT2D eigenvalue weighted by atomic mass is 35.5. The third kappa shape index (κ3) is 1.84. The number of carbonyl (C=O) groups excluding carboxylic acids is 2. The van der Waals surface area contributed by atoms with Crippen LogP contribution in [0.25, 0.3) is 0 Å². The number of halogens is 2. The number of imide groups is 1. The molecular weight excluding hydrogens is 249 g/mol. The van der Waals surface area contributed by atoms with E-state index < -0.39 is 11.8 Å². The van der Waals surface area contributed by atoms with Crippen molar-refractivity contribution in [2.75, 3.05) is 0 Å². The summed E-state index contributed by atoms with van der Waals surface area (Å²) < 4.78 is 0.514. The van der Waals surface area contributed by atoms with Crippen LogP contribution in [0.4, 0.5) is 0 Å². The number of hydrogen-bond acceptors (Lipinski definition) is 2. The predicted octanol–water partition coefficient (Wildman–Crippen LogP) is 2.24. The lowest BCUT2D eigenvalue weighted by atomic mass is 10.1. The van der Waals surface area contributed by atoms with Crippen LogP contribution in [0.1, 0.15) is 5.56 Å². The third-order valence-electron chi connectivity index (χ3n) is 2.29. The zero-order valence-electron chi connectivity index (χ0n) is 8.11. The average Bonchev–Trinajstić information content (AvgIpc) is 2.48. The highest BCUT2D eigenvalue weighted by Crippen LogP contribution is 2.27. The first-order valence-electron chi connectivity index (χ1n) is 4.58. The Balaban J connectivity index is 2.29. The molecule has 5 heteroatoms. The summed E-state index contributed by atoms with van der Waals surface area (Å²) in [5.74, 6) is -1.19. The minimum Gasteiger partial charge on any atom is -0.268 e. The molecule has 0 spiro atoms. The Kier molecular flexibility index (Phi) is 2.99. The number of rotatable bonds is 2. The molecular formula is C11H7Cl2NO2. The normalized spacial score (nSPS) is 16.2. The Labute approximate surface area is 102 Å². The quantitative estimate of drug-likeness (QED) is 0.601. The molecule has 1 heterocycles. The van der Waals surface area contributed by atoms with Crippen LogP contribution >= 0.6 is 23.4 Å². The van der Waals surface area contributed by atoms with E-state index in [0.29, 0.717) is 10.8 Å². The van der Waals surface area contributed by atoms with Gasteiger partial charge in [0.15, 0.2) is 0 Å². The second-order valence-corrected chi connectivity index (χ2v) is 4.06. The Morgan fingerprint density at radius 3 is 2.19 bits per heavy atom. The molecule has 0 aliphatic carbocycles. The van der Waals surface area contributed by atoms with E-state index in [2.05, 4.69) is 0 Å². The standard InChI is InChI=1S/C11H7Cl2NO2/c12-9-8(10(15)14(13)11(9)16)6-7-4-2-1-3-5-7/h1-5H,6H2. The molecule has 0 N–H and O–H groups in total. The SMILES string of the molecule is O=C1C(Cl)=C(Cc2ccccc2)C(=O)N1Cl. The Morgan fingerprint density at radius 1 is 1.06 bits per heavy atom. The molecule has 0 aromatic heterocycles. The number of benzene rings is 1. The van der Waals surface area contributed by atoms with E-state index >= 15 is 0 Å². The van der Waals surface area contributed by atoms with Gasteiger partial charge in [-0.25, -0.2) is 0 Å². The lowest BCUT2D eigenvalue weighted by Crippen LogP contribution is -2.21. The van der Waals surface area contributed by atoms with Gasteiger partial charge < -0.3 is 0 Å². The largest absolute Gasteiger partial charge is 0.287 e. The fraction of sp³-hybridized carbons (Fsp3) is 0.0909. The number of amides is 2. The molecule has 0 saturated heterocycles. The third-order valence-corrected chi connectivity index (χ3v) is 2.99. The smallest absolute Gasteiger partial charge is 0.268 e. The highest BCUT2D eigenvalue weighted by Gasteiger charge is 2.36. The summed E-state index contributed by atoms with van der Waals surface area (Å²) in [5, 5.41) is -0.0937. The second kappa shape index (κ2) is 4.28. The molecule has 0 unspecified atom stereocenters. The first kappa shape index (κ1) is 11.2. The van der Waals surface area contributed by atoms with Gasteiger partial charge in [-0.1, -0.05) is 41.9 Å². The average molecular weight is 256 g/mol. The van der Waals surface area contributed by atoms with Crippen molar-refractivity contribution in [3.63, 3.8) is 0 Å². The number of hydrogen-bond donors (Lipinski definition) is 0. The Hall–Kier alpha value is -1.32. The van der Waals surface area contributed by atoms with Crippen molar-refractivity contribution in [2.45, 2.75) is 6.42 Å². The van der Waals surface area contributed by atoms with Crippen molar-refractivity contribution in [3.8, 4) is 0 Å². The molecule has 2 amide bonds. The summed E-state index contributed by atoms with van der Waals surface area (Å²) in [7, 11) is 0. The van der Waals surface area contributed by atoms with Crippen LogP contribution in [0.15, 0.2) is 40.9 Å². The van der Waals surface area contributed by atoms with Gasteiger partial charge in [-0.2, -0.15) is 4.42 Å². The molecule has 1 aliphatic rings. The van der Waals surface area contributed by atoms with Crippen molar-refractivity contribution in [3.05, 3.63) is 46.5 Å². The van der Waals surface area contributed by atoms with Gasteiger partial charge in [0.25, 0.3) is 11.8 Å². The van der Waals surface area contributed by atoms with E-state index in [-0.39, 0.29) is 10.6 Å². The first-order valence-corrected chi connectivity index (χ1v) is 5.30. The first-order chi connectivity index (χ1) is 7.61. The maximum atomic E-state index is 11.6. The van der Waals surface area contributed by atoms with Crippen LogP contribution in [0.2, 0.25) is 0 Å². The van der Waals surface area contributed by atoms with Gasteiger partial charge in [0.05, 0.1) is 0 Å². The molecule has 1 aliphatic heterocycles. The topological polar surface area (TPSA) is 37.4 Å². The van der Waals surface area contributed by atoms with Crippen molar-refractivity contribution >= 4 is 35.2 Å². The summed E-state index contributed by atoms with van der Waals surface area (Å²) in [6.07, 6.45) is 0.313. The number of nitrogens with zero attached hydrogens (tertiary/aromatic N) is 1. The zero-order valence-corrected chi connectivity index (χ0v) is 9.63. The summed E-state index contributed by atoms with van der Waals surface area (Å²) in [5.41, 5.74) is 1.15. The van der Waals surface area contributed by atoms with Gasteiger partial charge in [-0.3, -0.25) is 9.59 Å². The molecule has 16 heavy (non-hydrogen) atoms. The maximum absolute atomic E-state index is 11.6. The van der Waals surface area contributed by atoms with Crippen LogP contribution in [0.3, 0.4) is 0 Å². The molecule has 3 nitrogen and oxygen atoms in total. The molecule has 0 fully saturated rings. The van der Waals surface area contributed by atoms with Gasteiger partial charge in [0, 0.05) is 23.8 Å². The number of carbonyl (C=O) groups is 2. The molecule has 1 aromatic carbocycles. The van der Waals surface area contributed by atoms with Crippen molar-refractivity contribution < 1.29 is 9.59 Å². The second-order valence-electron chi connectivity index (χ2n) is 3.35. The molecule has 2 rings (SSSR count). The summed E-state index contributed by atoms with van der Waals surface area (Å²) in [6.45, 7) is 0. The highest BCUT2D eigenvalue weighted by molar-refractivity contribution is 6.52. The monoisotopic (exact) mass is 255 g/mol. The predicted molar refractivity (Wildman–Crippen MR) is 60.7 cm³/mol. The van der Waals surface area contributed by atoms with Crippen LogP contribution in [-0.4, -0.2) is 16.2 Å². The van der Waals surface area contributed by atoms with Crippen LogP contribution < -0.4 is 0 Å². The molecule has 0 atom stereocenters. The van der Waals surface area contributed by atoms with Gasteiger partial charge in [0.1, 0.15) is 5.03 Å². The molecule has 1 aromatic rings. The summed E-state index contributed by atoms with van der Waals surface area (Å²) in [4.78, 5) is 22.9. The van der Waals surface area contributed by atoms with Crippen LogP contribution in [-0.2, 0) is 16.0 Å². The molecule has 0 saturated carbocycles. The van der Waals surface area contributed by atoms with Crippen molar-refractivity contribution in [2.24, 2.45) is 0 Å². The van der Waals surface area contributed by atoms with Crippen LogP contribution in [0.5, 0.6) is 0 Å². The van der Waals surface area contributed by atoms with Crippen LogP contribution in [0, 0.1) is 0 Å². The Morgan fingerprint density at radius 2 is 1.69 bits per heavy atom. The summed E-state index contributed by atoms with van der Waals surface area (Å²) >= 11 is 11.2. The fourth-order valence-electron chi connectivity index (χ4n) is 1.47. The van der Waals surface area contributed by atoms with Crippen molar-refractivity contribution in [1.29, 1.82) is 0 Å². The lowest BCUT2D eigenvalue weighted by molar-refractivity contribution is -0.131. The minimum absolute atomic E-state index is 0.0937. The van der Waals surface area contributed by atoms with Crippen molar-refractivity contribution in [1.82, 2.24) is 4.42 Å². The van der Waals surface area contributed by atoms with E-state index in [1.54, 1.807) is 0 Å². The van der Waals surface area contributed by atoms with Gasteiger partial charge in [-0.15, -0.1) is 0 Å². The summed E-state index contributed by atoms with van der Waals surface area (Å²) in [6, 6.07) is 9.28. The fourth-order valence-corrected chi connectivity index (χ4v) is 1.94.